The number of carbonyl (C=O) groups excluding carboxylic acids is 1. The lowest BCUT2D eigenvalue weighted by Gasteiger charge is -2.24. The van der Waals surface area contributed by atoms with Crippen LogP contribution >= 0.6 is 31.9 Å². The van der Waals surface area contributed by atoms with Gasteiger partial charge in [0.05, 0.1) is 38.3 Å². The normalized spacial score (nSPS) is 12.9. The van der Waals surface area contributed by atoms with Crippen LogP contribution in [0.15, 0.2) is 70.7 Å². The zero-order chi connectivity index (χ0) is 22.1. The first-order valence-corrected chi connectivity index (χ1v) is 10.8. The van der Waals surface area contributed by atoms with E-state index >= 15 is 0 Å². The van der Waals surface area contributed by atoms with Crippen LogP contribution in [-0.4, -0.2) is 32.2 Å². The number of ketones is 1. The SMILES string of the molecule is C=CCOCC(C(=O)C(COCC=C)c1cc(Br)ccc1F)c1cc(Br)ccc1F. The van der Waals surface area contributed by atoms with Gasteiger partial charge in [-0.3, -0.25) is 4.79 Å². The molecule has 0 aromatic heterocycles. The number of rotatable bonds is 12. The van der Waals surface area contributed by atoms with Crippen molar-refractivity contribution in [3.63, 3.8) is 0 Å². The van der Waals surface area contributed by atoms with Crippen LogP contribution in [0.25, 0.3) is 0 Å². The number of hydrogen-bond donors (Lipinski definition) is 0. The number of halogens is 4. The van der Waals surface area contributed by atoms with Crippen LogP contribution in [0.2, 0.25) is 0 Å². The molecule has 2 unspecified atom stereocenters. The molecule has 0 amide bonds. The standard InChI is InChI=1S/C23H22Br2F2O3/c1-3-9-29-13-19(17-11-15(24)5-7-21(17)26)23(28)20(14-30-10-4-2)18-12-16(25)6-8-22(18)27/h3-8,11-12,19-20H,1-2,9-10,13-14H2. The molecule has 0 bridgehead atoms. The summed E-state index contributed by atoms with van der Waals surface area (Å²) in [6, 6.07) is 8.71. The predicted octanol–water partition coefficient (Wildman–Crippen LogP) is 6.33. The minimum atomic E-state index is -0.960. The number of Topliss-reactive ketones (excluding diaryl/α,β-unsaturated/α-hetero) is 1. The lowest BCUT2D eigenvalue weighted by Crippen LogP contribution is -2.29. The molecule has 160 valence electrons. The molecular formula is C23H22Br2F2O3. The van der Waals surface area contributed by atoms with E-state index in [1.54, 1.807) is 12.1 Å². The molecule has 0 aliphatic heterocycles. The van der Waals surface area contributed by atoms with Crippen LogP contribution in [-0.2, 0) is 14.3 Å². The topological polar surface area (TPSA) is 35.5 Å². The average molecular weight is 544 g/mol. The third-order valence-electron chi connectivity index (χ3n) is 4.39. The van der Waals surface area contributed by atoms with Gasteiger partial charge in [-0.25, -0.2) is 8.78 Å². The van der Waals surface area contributed by atoms with Crippen LogP contribution < -0.4 is 0 Å². The summed E-state index contributed by atoms with van der Waals surface area (Å²) in [5.74, 6) is -3.41. The first kappa shape index (κ1) is 24.6. The van der Waals surface area contributed by atoms with E-state index in [1.165, 1.54) is 36.4 Å². The van der Waals surface area contributed by atoms with Crippen LogP contribution in [0.1, 0.15) is 23.0 Å². The third-order valence-corrected chi connectivity index (χ3v) is 5.38. The van der Waals surface area contributed by atoms with Gasteiger partial charge in [0.2, 0.25) is 0 Å². The lowest BCUT2D eigenvalue weighted by molar-refractivity contribution is -0.124. The van der Waals surface area contributed by atoms with Crippen molar-refractivity contribution in [1.29, 1.82) is 0 Å². The Kier molecular flexibility index (Phi) is 10.0. The summed E-state index contributed by atoms with van der Waals surface area (Å²) in [5.41, 5.74) is 0.338. The molecule has 0 saturated heterocycles. The maximum atomic E-state index is 14.6. The van der Waals surface area contributed by atoms with Crippen molar-refractivity contribution in [3.05, 3.63) is 93.4 Å². The Labute approximate surface area is 192 Å². The van der Waals surface area contributed by atoms with Gasteiger partial charge in [-0.2, -0.15) is 0 Å². The Morgan fingerprint density at radius 3 is 1.63 bits per heavy atom. The highest BCUT2D eigenvalue weighted by Gasteiger charge is 2.33. The fraction of sp³-hybridized carbons (Fsp3) is 0.261. The Bertz CT molecular complexity index is 831. The molecule has 0 N–H and O–H groups in total. The minimum absolute atomic E-state index is 0.0776. The maximum Gasteiger partial charge on any atom is 0.152 e. The predicted molar refractivity (Wildman–Crippen MR) is 121 cm³/mol. The zero-order valence-corrected chi connectivity index (χ0v) is 19.4. The van der Waals surface area contributed by atoms with Crippen molar-refractivity contribution in [2.24, 2.45) is 0 Å². The van der Waals surface area contributed by atoms with E-state index in [2.05, 4.69) is 45.0 Å². The molecule has 0 aliphatic carbocycles. The van der Waals surface area contributed by atoms with Gasteiger partial charge in [-0.05, 0) is 36.4 Å². The van der Waals surface area contributed by atoms with Crippen molar-refractivity contribution in [2.75, 3.05) is 26.4 Å². The van der Waals surface area contributed by atoms with Gasteiger partial charge in [-0.15, -0.1) is 13.2 Å². The molecule has 2 atom stereocenters. The first-order chi connectivity index (χ1) is 14.4. The second kappa shape index (κ2) is 12.2. The van der Waals surface area contributed by atoms with Gasteiger partial charge in [0, 0.05) is 20.1 Å². The van der Waals surface area contributed by atoms with Crippen LogP contribution in [0, 0.1) is 11.6 Å². The summed E-state index contributed by atoms with van der Waals surface area (Å²) in [4.78, 5) is 13.6. The van der Waals surface area contributed by atoms with Gasteiger partial charge >= 0.3 is 0 Å². The Hall–Kier alpha value is -1.67. The molecule has 0 aliphatic rings. The molecular weight excluding hydrogens is 522 g/mol. The molecule has 0 heterocycles. The number of carbonyl (C=O) groups is 1. The van der Waals surface area contributed by atoms with Crippen molar-refractivity contribution in [2.45, 2.75) is 11.8 Å². The summed E-state index contributed by atoms with van der Waals surface area (Å²) in [5, 5.41) is 0. The summed E-state index contributed by atoms with van der Waals surface area (Å²) in [6.07, 6.45) is 3.08. The van der Waals surface area contributed by atoms with Crippen LogP contribution in [0.3, 0.4) is 0 Å². The van der Waals surface area contributed by atoms with Crippen molar-refractivity contribution in [3.8, 4) is 0 Å². The molecule has 0 spiro atoms. The highest BCUT2D eigenvalue weighted by molar-refractivity contribution is 9.10. The van der Waals surface area contributed by atoms with Crippen molar-refractivity contribution in [1.82, 2.24) is 0 Å². The van der Waals surface area contributed by atoms with Crippen molar-refractivity contribution >= 4 is 37.6 Å². The smallest absolute Gasteiger partial charge is 0.152 e. The van der Waals surface area contributed by atoms with E-state index in [9.17, 15) is 13.6 Å². The lowest BCUT2D eigenvalue weighted by atomic mass is 9.84. The molecule has 2 aromatic rings. The highest BCUT2D eigenvalue weighted by atomic mass is 79.9. The summed E-state index contributed by atoms with van der Waals surface area (Å²) in [6.45, 7) is 7.41. The summed E-state index contributed by atoms with van der Waals surface area (Å²) < 4.78 is 41.5. The minimum Gasteiger partial charge on any atom is -0.376 e. The second-order valence-electron chi connectivity index (χ2n) is 6.49. The Morgan fingerprint density at radius 1 is 0.867 bits per heavy atom. The monoisotopic (exact) mass is 542 g/mol. The van der Waals surface area contributed by atoms with E-state index < -0.39 is 29.3 Å². The molecule has 2 aromatic carbocycles. The van der Waals surface area contributed by atoms with Gasteiger partial charge in [-0.1, -0.05) is 44.0 Å². The molecule has 7 heteroatoms. The molecule has 0 radical (unpaired) electrons. The molecule has 30 heavy (non-hydrogen) atoms. The van der Waals surface area contributed by atoms with Crippen LogP contribution in [0.5, 0.6) is 0 Å². The number of hydrogen-bond acceptors (Lipinski definition) is 3. The summed E-state index contributed by atoms with van der Waals surface area (Å²) >= 11 is 6.63. The quantitative estimate of drug-likeness (QED) is 0.232. The Morgan fingerprint density at radius 2 is 1.27 bits per heavy atom. The highest BCUT2D eigenvalue weighted by Crippen LogP contribution is 2.33. The number of ether oxygens (including phenoxy) is 2. The molecule has 2 rings (SSSR count). The van der Waals surface area contributed by atoms with E-state index in [-0.39, 0.29) is 37.6 Å². The van der Waals surface area contributed by atoms with E-state index in [4.69, 9.17) is 9.47 Å². The van der Waals surface area contributed by atoms with E-state index in [0.717, 1.165) is 0 Å². The van der Waals surface area contributed by atoms with E-state index in [1.807, 2.05) is 0 Å². The molecule has 3 nitrogen and oxygen atoms in total. The fourth-order valence-electron chi connectivity index (χ4n) is 2.99. The zero-order valence-electron chi connectivity index (χ0n) is 16.3. The largest absolute Gasteiger partial charge is 0.376 e. The average Bonchev–Trinajstić information content (AvgIpc) is 2.72. The van der Waals surface area contributed by atoms with Gasteiger partial charge < -0.3 is 9.47 Å². The molecule has 0 saturated carbocycles. The Balaban J connectivity index is 2.49. The van der Waals surface area contributed by atoms with Gasteiger partial charge in [0.1, 0.15) is 11.6 Å². The summed E-state index contributed by atoms with van der Waals surface area (Å²) in [7, 11) is 0. The van der Waals surface area contributed by atoms with Gasteiger partial charge in [0.25, 0.3) is 0 Å². The van der Waals surface area contributed by atoms with E-state index in [0.29, 0.717) is 8.95 Å². The third kappa shape index (κ3) is 6.67. The van der Waals surface area contributed by atoms with Crippen LogP contribution in [0.4, 0.5) is 8.78 Å². The molecule has 0 fully saturated rings. The number of benzene rings is 2. The fourth-order valence-corrected chi connectivity index (χ4v) is 3.75. The first-order valence-electron chi connectivity index (χ1n) is 9.20. The maximum absolute atomic E-state index is 14.6. The second-order valence-corrected chi connectivity index (χ2v) is 8.32. The van der Waals surface area contributed by atoms with Gasteiger partial charge in [0.15, 0.2) is 5.78 Å². The van der Waals surface area contributed by atoms with Crippen molar-refractivity contribution < 1.29 is 23.0 Å².